The minimum Gasteiger partial charge on any atom is -0.368 e. The predicted octanol–water partition coefficient (Wildman–Crippen LogP) is 14.2. The number of aryl methyl sites for hydroxylation is 6. The van der Waals surface area contributed by atoms with Gasteiger partial charge in [0, 0.05) is 227 Å². The molecule has 12 atom stereocenters. The summed E-state index contributed by atoms with van der Waals surface area (Å²) < 4.78 is 0. The summed E-state index contributed by atoms with van der Waals surface area (Å²) in [5, 5.41) is 15.4. The first-order valence-electron chi connectivity index (χ1n) is 51.8. The Kier molecular flexibility index (Phi) is 27.6. The van der Waals surface area contributed by atoms with Crippen molar-refractivity contribution < 1.29 is 0 Å². The van der Waals surface area contributed by atoms with Gasteiger partial charge >= 0.3 is 0 Å². The summed E-state index contributed by atoms with van der Waals surface area (Å²) in [6, 6.07) is 48.2. The molecule has 16 heterocycles. The summed E-state index contributed by atoms with van der Waals surface area (Å²) >= 11 is 0. The topological polar surface area (TPSA) is 139 Å². The SMILES string of the molecule is CN(C[C@H]1Cc2c(cccc2N2CCN3CCC[C@@H]3C2)CN1)[C@H]1CCCc2cccnc21.CN(C[C@H]1Cc2c(cccc2N2CCN3CCC[C@H]3C2)CN1)[C@H]1CCCc2cccnc21.Cc1cnc2c(c1)CCC[C@@H]2N(C)C[C@H]1Cc2c(cccc2N2CCN3CCC[C@@H]3C2)CN1.Cc1cnc2c(c1)CCC[C@@H]2N(C)C[C@H]1Cc2c(cccc2N2CCN3CCC[C@H]3C2)CN1. The molecule has 0 amide bonds. The zero-order chi connectivity index (χ0) is 87.7. The van der Waals surface area contributed by atoms with Gasteiger partial charge in [-0.25, -0.2) is 0 Å². The second kappa shape index (κ2) is 40.4. The van der Waals surface area contributed by atoms with Crippen LogP contribution in [0.5, 0.6) is 0 Å². The molecule has 20 heteroatoms. The molecule has 24 rings (SSSR count). The smallest absolute Gasteiger partial charge is 0.0607 e. The fourth-order valence-corrected chi connectivity index (χ4v) is 27.2. The van der Waals surface area contributed by atoms with Gasteiger partial charge in [-0.15, -0.1) is 0 Å². The number of anilines is 4. The average Bonchev–Trinajstić information content (AvgIpc) is 1.33. The maximum Gasteiger partial charge on any atom is 0.0607 e. The van der Waals surface area contributed by atoms with Gasteiger partial charge in [0.05, 0.1) is 46.9 Å². The Balaban J connectivity index is 0.000000105. The maximum atomic E-state index is 4.88. The monoisotopic (exact) mass is 1750 g/mol. The van der Waals surface area contributed by atoms with Gasteiger partial charge in [-0.1, -0.05) is 72.8 Å². The van der Waals surface area contributed by atoms with Crippen molar-refractivity contribution in [3.8, 4) is 0 Å². The van der Waals surface area contributed by atoms with E-state index in [-0.39, 0.29) is 0 Å². The van der Waals surface area contributed by atoms with Gasteiger partial charge in [0.1, 0.15) is 0 Å². The van der Waals surface area contributed by atoms with Gasteiger partial charge in [-0.2, -0.15) is 0 Å². The van der Waals surface area contributed by atoms with Crippen molar-refractivity contribution in [2.24, 2.45) is 0 Å². The molecule has 4 N–H and O–H groups in total. The molecule has 692 valence electrons. The number of nitrogens with one attached hydrogen (secondary N) is 4. The molecule has 0 saturated carbocycles. The lowest BCUT2D eigenvalue weighted by Gasteiger charge is -2.41. The number of pyridine rings is 4. The Bertz CT molecular complexity index is 4870. The van der Waals surface area contributed by atoms with Crippen molar-refractivity contribution in [1.29, 1.82) is 0 Å². The lowest BCUT2D eigenvalue weighted by Crippen LogP contribution is -2.51. The van der Waals surface area contributed by atoms with Crippen LogP contribution in [0, 0.1) is 13.8 Å². The fourth-order valence-electron chi connectivity index (χ4n) is 27.2. The van der Waals surface area contributed by atoms with E-state index < -0.39 is 0 Å². The number of aromatic nitrogens is 4. The molecule has 0 spiro atoms. The van der Waals surface area contributed by atoms with Gasteiger partial charge in [0.25, 0.3) is 0 Å². The van der Waals surface area contributed by atoms with E-state index >= 15 is 0 Å². The van der Waals surface area contributed by atoms with Crippen molar-refractivity contribution in [2.75, 3.05) is 179 Å². The molecule has 0 unspecified atom stereocenters. The highest BCUT2D eigenvalue weighted by molar-refractivity contribution is 5.62. The van der Waals surface area contributed by atoms with Gasteiger partial charge in [-0.05, 0) is 337 Å². The van der Waals surface area contributed by atoms with E-state index in [1.807, 2.05) is 12.4 Å². The number of benzene rings is 4. The van der Waals surface area contributed by atoms with Gasteiger partial charge in [0.15, 0.2) is 0 Å². The summed E-state index contributed by atoms with van der Waals surface area (Å²) in [5.74, 6) is 0. The van der Waals surface area contributed by atoms with Crippen LogP contribution in [0.1, 0.15) is 228 Å². The average molecular weight is 1750 g/mol. The number of fused-ring (bicyclic) bond motifs is 12. The number of likely N-dealkylation sites (N-methyl/N-ethyl adjacent to an activating group) is 4. The summed E-state index contributed by atoms with van der Waals surface area (Å²) in [4.78, 5) is 51.2. The first kappa shape index (κ1) is 88.8. The molecule has 4 aromatic carbocycles. The van der Waals surface area contributed by atoms with Gasteiger partial charge in [-0.3, -0.25) is 59.1 Å². The second-order valence-corrected chi connectivity index (χ2v) is 42.5. The molecule has 16 aliphatic rings. The Morgan fingerprint density at radius 3 is 0.854 bits per heavy atom. The Hall–Kier alpha value is -7.80. The molecular formula is C110H152N20. The quantitative estimate of drug-likeness (QED) is 0.0729. The van der Waals surface area contributed by atoms with E-state index in [4.69, 9.17) is 19.9 Å². The van der Waals surface area contributed by atoms with Crippen molar-refractivity contribution in [1.82, 2.24) is 80.4 Å². The van der Waals surface area contributed by atoms with Crippen LogP contribution in [0.2, 0.25) is 0 Å². The molecular weight excluding hydrogens is 1600 g/mol. The summed E-state index contributed by atoms with van der Waals surface area (Å²) in [7, 11) is 9.22. The fraction of sp³-hybridized carbons (Fsp3) is 0.600. The molecule has 8 fully saturated rings. The van der Waals surface area contributed by atoms with E-state index in [2.05, 4.69) is 244 Å². The molecule has 0 bridgehead atoms. The Labute approximate surface area is 778 Å². The van der Waals surface area contributed by atoms with E-state index in [1.165, 1.54) is 334 Å². The predicted molar refractivity (Wildman–Crippen MR) is 530 cm³/mol. The number of rotatable bonds is 16. The van der Waals surface area contributed by atoms with Crippen molar-refractivity contribution in [2.45, 2.75) is 267 Å². The molecule has 8 saturated heterocycles. The van der Waals surface area contributed by atoms with Crippen LogP contribution in [0.15, 0.2) is 134 Å². The normalized spacial score (nSPS) is 27.6. The van der Waals surface area contributed by atoms with Crippen molar-refractivity contribution in [3.63, 3.8) is 0 Å². The third-order valence-corrected chi connectivity index (χ3v) is 34.1. The number of piperazine rings is 4. The molecule has 20 nitrogen and oxygen atoms in total. The van der Waals surface area contributed by atoms with Gasteiger partial charge in [0.2, 0.25) is 0 Å². The first-order valence-corrected chi connectivity index (χ1v) is 51.8. The number of hydrogen-bond acceptors (Lipinski definition) is 20. The molecule has 12 aliphatic heterocycles. The van der Waals surface area contributed by atoms with Crippen LogP contribution in [-0.2, 0) is 77.5 Å². The largest absolute Gasteiger partial charge is 0.368 e. The van der Waals surface area contributed by atoms with Crippen molar-refractivity contribution in [3.05, 3.63) is 235 Å². The molecule has 130 heavy (non-hydrogen) atoms. The molecule has 4 aromatic heterocycles. The van der Waals surface area contributed by atoms with E-state index in [0.29, 0.717) is 48.3 Å². The van der Waals surface area contributed by atoms with Crippen LogP contribution in [0.4, 0.5) is 22.7 Å². The summed E-state index contributed by atoms with van der Waals surface area (Å²) in [6.45, 7) is 32.3. The molecule has 4 aliphatic carbocycles. The van der Waals surface area contributed by atoms with Crippen LogP contribution in [0.3, 0.4) is 0 Å². The summed E-state index contributed by atoms with van der Waals surface area (Å²) in [6.07, 6.45) is 38.2. The van der Waals surface area contributed by atoms with E-state index in [0.717, 1.165) is 102 Å². The molecule has 8 aromatic rings. The van der Waals surface area contributed by atoms with Gasteiger partial charge < -0.3 is 40.9 Å². The lowest BCUT2D eigenvalue weighted by molar-refractivity contribution is 0.190. The second-order valence-electron chi connectivity index (χ2n) is 42.5. The third-order valence-electron chi connectivity index (χ3n) is 34.1. The maximum absolute atomic E-state index is 4.88. The summed E-state index contributed by atoms with van der Waals surface area (Å²) in [5.41, 5.74) is 32.1. The standard InChI is InChI=1S/2C28H39N5.2C27H37N5/c2*1-20-14-21-6-3-10-27(28(21)30-16-20)31(2)18-23-15-25-22(17-29-23)7-4-9-26(25)33-13-12-32-11-5-8-24(32)19-33;2*1-30(26-11-2-6-20-8-4-12-28-27(20)26)18-22-16-24-21(17-29-22)7-3-10-25(24)32-15-14-31-13-5-9-23(31)19-32/h2*4,7,9,14,16,23-24,27,29H,3,5-6,8,10-13,15,17-19H2,1-2H3;2*3-4,7-8,10,12,22-23,26,29H,2,5-6,9,11,13-19H2,1H3/t23-,24+,27+;23-,24-,27+;22-,23+,26+;22-,23-,26+/m1111/s1. The van der Waals surface area contributed by atoms with Crippen LogP contribution >= 0.6 is 0 Å². The highest BCUT2D eigenvalue weighted by Gasteiger charge is 2.41. The highest BCUT2D eigenvalue weighted by Crippen LogP contribution is 2.43. The van der Waals surface area contributed by atoms with E-state index in [9.17, 15) is 0 Å². The minimum absolute atomic E-state index is 0.447. The third kappa shape index (κ3) is 19.5. The number of nitrogens with zero attached hydrogens (tertiary/aromatic N) is 16. The highest BCUT2D eigenvalue weighted by atomic mass is 15.3. The Morgan fingerprint density at radius 1 is 0.292 bits per heavy atom. The van der Waals surface area contributed by atoms with E-state index in [1.54, 1.807) is 22.3 Å². The Morgan fingerprint density at radius 2 is 0.562 bits per heavy atom. The zero-order valence-electron chi connectivity index (χ0n) is 79.7. The minimum atomic E-state index is 0.447. The number of hydrogen-bond donors (Lipinski definition) is 4. The van der Waals surface area contributed by atoms with Crippen LogP contribution in [-0.4, -0.2) is 267 Å². The molecule has 0 radical (unpaired) electrons. The lowest BCUT2D eigenvalue weighted by atomic mass is 9.89. The van der Waals surface area contributed by atoms with Crippen LogP contribution < -0.4 is 40.9 Å². The first-order chi connectivity index (χ1) is 63.8. The van der Waals surface area contributed by atoms with Crippen molar-refractivity contribution >= 4 is 22.7 Å². The van der Waals surface area contributed by atoms with Crippen LogP contribution in [0.25, 0.3) is 0 Å². The zero-order valence-corrected chi connectivity index (χ0v) is 79.7.